The molecule has 23 heavy (non-hydrogen) atoms. The number of rotatable bonds is 1. The SMILES string of the molecule is O=C([C@H]1C[C@]12CCCc1ccccc12)N1CCc2cnccc21. The van der Waals surface area contributed by atoms with E-state index in [1.54, 1.807) is 6.20 Å². The molecule has 5 rings (SSSR count). The highest BCUT2D eigenvalue weighted by Crippen LogP contribution is 2.61. The van der Waals surface area contributed by atoms with Crippen molar-refractivity contribution in [3.8, 4) is 0 Å². The van der Waals surface area contributed by atoms with Gasteiger partial charge in [-0.1, -0.05) is 24.3 Å². The second kappa shape index (κ2) is 4.67. The lowest BCUT2D eigenvalue weighted by molar-refractivity contribution is -0.120. The highest BCUT2D eigenvalue weighted by molar-refractivity contribution is 6.00. The van der Waals surface area contributed by atoms with Crippen molar-refractivity contribution in [1.29, 1.82) is 0 Å². The number of carbonyl (C=O) groups is 1. The predicted octanol–water partition coefficient (Wildman–Crippen LogP) is 3.26. The molecule has 1 amide bonds. The van der Waals surface area contributed by atoms with Crippen molar-refractivity contribution in [2.45, 2.75) is 37.5 Å². The minimum Gasteiger partial charge on any atom is -0.311 e. The summed E-state index contributed by atoms with van der Waals surface area (Å²) in [6, 6.07) is 10.7. The van der Waals surface area contributed by atoms with Crippen molar-refractivity contribution in [3.63, 3.8) is 0 Å². The van der Waals surface area contributed by atoms with Crippen LogP contribution >= 0.6 is 0 Å². The molecule has 0 N–H and O–H groups in total. The van der Waals surface area contributed by atoms with E-state index >= 15 is 0 Å². The van der Waals surface area contributed by atoms with Crippen molar-refractivity contribution in [1.82, 2.24) is 4.98 Å². The van der Waals surface area contributed by atoms with Gasteiger partial charge in [0.1, 0.15) is 0 Å². The van der Waals surface area contributed by atoms with E-state index < -0.39 is 0 Å². The van der Waals surface area contributed by atoms with E-state index in [0.29, 0.717) is 5.91 Å². The summed E-state index contributed by atoms with van der Waals surface area (Å²) in [5, 5.41) is 0. The summed E-state index contributed by atoms with van der Waals surface area (Å²) in [6.07, 6.45) is 9.20. The van der Waals surface area contributed by atoms with E-state index in [9.17, 15) is 4.79 Å². The van der Waals surface area contributed by atoms with E-state index in [2.05, 4.69) is 29.2 Å². The first-order chi connectivity index (χ1) is 11.3. The first-order valence-corrected chi connectivity index (χ1v) is 8.62. The molecule has 1 spiro atoms. The second-order valence-electron chi connectivity index (χ2n) is 7.17. The number of aryl methyl sites for hydroxylation is 1. The molecule has 2 aromatic rings. The molecule has 1 aromatic carbocycles. The molecule has 2 heterocycles. The molecule has 0 unspecified atom stereocenters. The van der Waals surface area contributed by atoms with Gasteiger partial charge in [0, 0.05) is 36.0 Å². The van der Waals surface area contributed by atoms with E-state index in [1.807, 2.05) is 17.2 Å². The number of aromatic nitrogens is 1. The van der Waals surface area contributed by atoms with Crippen LogP contribution in [0.2, 0.25) is 0 Å². The Morgan fingerprint density at radius 3 is 3.04 bits per heavy atom. The Labute approximate surface area is 136 Å². The zero-order valence-corrected chi connectivity index (χ0v) is 13.2. The van der Waals surface area contributed by atoms with Crippen molar-refractivity contribution >= 4 is 11.6 Å². The van der Waals surface area contributed by atoms with Gasteiger partial charge in [0.05, 0.1) is 0 Å². The van der Waals surface area contributed by atoms with Gasteiger partial charge in [-0.05, 0) is 54.9 Å². The quantitative estimate of drug-likeness (QED) is 0.810. The van der Waals surface area contributed by atoms with Crippen molar-refractivity contribution in [2.75, 3.05) is 11.4 Å². The number of benzene rings is 1. The predicted molar refractivity (Wildman–Crippen MR) is 89.5 cm³/mol. The Morgan fingerprint density at radius 2 is 2.09 bits per heavy atom. The van der Waals surface area contributed by atoms with Crippen molar-refractivity contribution < 1.29 is 4.79 Å². The normalized spacial score (nSPS) is 27.7. The standard InChI is InChI=1S/C20H20N2O/c23-19(22-11-8-15-13-21-10-7-18(15)22)17-12-20(17)9-3-5-14-4-1-2-6-16(14)20/h1-2,4,6-7,10,13,17H,3,5,8-9,11-12H2/t17-,20+/m1/s1. The largest absolute Gasteiger partial charge is 0.311 e. The van der Waals surface area contributed by atoms with E-state index in [1.165, 1.54) is 23.1 Å². The molecule has 3 heteroatoms. The molecule has 3 aliphatic rings. The summed E-state index contributed by atoms with van der Waals surface area (Å²) in [4.78, 5) is 19.4. The maximum absolute atomic E-state index is 13.2. The Kier molecular flexibility index (Phi) is 2.70. The van der Waals surface area contributed by atoms with Gasteiger partial charge in [0.2, 0.25) is 5.91 Å². The Hall–Kier alpha value is -2.16. The third-order valence-electron chi connectivity index (χ3n) is 6.04. The summed E-state index contributed by atoms with van der Waals surface area (Å²) in [7, 11) is 0. The van der Waals surface area contributed by atoms with Gasteiger partial charge < -0.3 is 4.90 Å². The number of carbonyl (C=O) groups excluding carboxylic acids is 1. The van der Waals surface area contributed by atoms with Gasteiger partial charge >= 0.3 is 0 Å². The van der Waals surface area contributed by atoms with Crippen molar-refractivity contribution in [2.24, 2.45) is 5.92 Å². The Bertz CT molecular complexity index is 800. The molecular formula is C20H20N2O. The average molecular weight is 304 g/mol. The van der Waals surface area contributed by atoms with Gasteiger partial charge in [0.15, 0.2) is 0 Å². The highest BCUT2D eigenvalue weighted by atomic mass is 16.2. The highest BCUT2D eigenvalue weighted by Gasteiger charge is 2.61. The zero-order chi connectivity index (χ0) is 15.4. The summed E-state index contributed by atoms with van der Waals surface area (Å²) in [5.41, 5.74) is 5.32. The van der Waals surface area contributed by atoms with Crippen LogP contribution in [0.5, 0.6) is 0 Å². The van der Waals surface area contributed by atoms with Crippen LogP contribution in [0, 0.1) is 5.92 Å². The maximum Gasteiger partial charge on any atom is 0.231 e. The molecule has 0 saturated heterocycles. The first-order valence-electron chi connectivity index (χ1n) is 8.62. The molecular weight excluding hydrogens is 284 g/mol. The third-order valence-corrected chi connectivity index (χ3v) is 6.04. The van der Waals surface area contributed by atoms with E-state index in [0.717, 1.165) is 37.9 Å². The summed E-state index contributed by atoms with van der Waals surface area (Å²) in [6.45, 7) is 0.814. The van der Waals surface area contributed by atoms with Crippen LogP contribution in [0.3, 0.4) is 0 Å². The van der Waals surface area contributed by atoms with E-state index in [4.69, 9.17) is 0 Å². The average Bonchev–Trinajstić information content (AvgIpc) is 3.14. The number of fused-ring (bicyclic) bond motifs is 3. The van der Waals surface area contributed by atoms with E-state index in [-0.39, 0.29) is 11.3 Å². The number of anilines is 1. The Balaban J connectivity index is 1.47. The van der Waals surface area contributed by atoms with Crippen molar-refractivity contribution in [3.05, 3.63) is 59.4 Å². The number of nitrogens with zero attached hydrogens (tertiary/aromatic N) is 2. The molecule has 3 nitrogen and oxygen atoms in total. The minimum absolute atomic E-state index is 0.127. The van der Waals surface area contributed by atoms with Crippen LogP contribution in [0.15, 0.2) is 42.7 Å². The number of hydrogen-bond donors (Lipinski definition) is 0. The zero-order valence-electron chi connectivity index (χ0n) is 13.2. The lowest BCUT2D eigenvalue weighted by Crippen LogP contribution is -2.33. The van der Waals surface area contributed by atoms with Crippen LogP contribution in [0.25, 0.3) is 0 Å². The Morgan fingerprint density at radius 1 is 1.17 bits per heavy atom. The van der Waals surface area contributed by atoms with Gasteiger partial charge in [-0.3, -0.25) is 9.78 Å². The van der Waals surface area contributed by atoms with Gasteiger partial charge in [-0.15, -0.1) is 0 Å². The molecule has 2 aliphatic carbocycles. The van der Waals surface area contributed by atoms with Gasteiger partial charge in [-0.2, -0.15) is 0 Å². The first kappa shape index (κ1) is 13.3. The molecule has 0 radical (unpaired) electrons. The monoisotopic (exact) mass is 304 g/mol. The fourth-order valence-electron chi connectivity index (χ4n) is 4.80. The van der Waals surface area contributed by atoms with Gasteiger partial charge in [-0.25, -0.2) is 0 Å². The van der Waals surface area contributed by atoms with Crippen LogP contribution in [0.1, 0.15) is 36.0 Å². The van der Waals surface area contributed by atoms with Crippen LogP contribution < -0.4 is 4.90 Å². The third kappa shape index (κ3) is 1.82. The van der Waals surface area contributed by atoms with Gasteiger partial charge in [0.25, 0.3) is 0 Å². The molecule has 0 bridgehead atoms. The number of pyridine rings is 1. The minimum atomic E-state index is 0.127. The topological polar surface area (TPSA) is 33.2 Å². The number of hydrogen-bond acceptors (Lipinski definition) is 2. The van der Waals surface area contributed by atoms with Crippen LogP contribution in [-0.2, 0) is 23.1 Å². The molecule has 1 aliphatic heterocycles. The fourth-order valence-corrected chi connectivity index (χ4v) is 4.80. The lowest BCUT2D eigenvalue weighted by Gasteiger charge is -2.27. The van der Waals surface area contributed by atoms with Crippen LogP contribution in [-0.4, -0.2) is 17.4 Å². The van der Waals surface area contributed by atoms with Crippen LogP contribution in [0.4, 0.5) is 5.69 Å². The molecule has 116 valence electrons. The molecule has 1 aromatic heterocycles. The summed E-state index contributed by atoms with van der Waals surface area (Å²) >= 11 is 0. The number of amides is 1. The summed E-state index contributed by atoms with van der Waals surface area (Å²) in [5.74, 6) is 0.495. The molecule has 1 saturated carbocycles. The molecule has 1 fully saturated rings. The summed E-state index contributed by atoms with van der Waals surface area (Å²) < 4.78 is 0. The smallest absolute Gasteiger partial charge is 0.231 e. The lowest BCUT2D eigenvalue weighted by atomic mass is 9.78. The fraction of sp³-hybridized carbons (Fsp3) is 0.400. The maximum atomic E-state index is 13.2. The molecule has 2 atom stereocenters. The second-order valence-corrected chi connectivity index (χ2v) is 7.17.